The zero-order valence-corrected chi connectivity index (χ0v) is 19.4. The number of hydrogen-bond acceptors (Lipinski definition) is 4. The highest BCUT2D eigenvalue weighted by atomic mass is 35.5. The van der Waals surface area contributed by atoms with Gasteiger partial charge < -0.3 is 20.0 Å². The van der Waals surface area contributed by atoms with Gasteiger partial charge in [0, 0.05) is 47.0 Å². The van der Waals surface area contributed by atoms with E-state index in [-0.39, 0.29) is 22.8 Å². The molecule has 10 heteroatoms. The Balaban J connectivity index is 1.84. The lowest BCUT2D eigenvalue weighted by molar-refractivity contribution is -0.605. The SMILES string of the molecule is COP(=O)(c1cc(C)cc(F)c1)c1c(C(=O)NCc2cc[n+]([O-])cc2)[nH]c2ccc(Cl)cc12. The summed E-state index contributed by atoms with van der Waals surface area (Å²) in [5, 5.41) is 15.0. The molecule has 0 aliphatic heterocycles. The fraction of sp³-hybridized carbons (Fsp3) is 0.130. The number of nitrogens with zero attached hydrogens (tertiary/aromatic N) is 1. The second-order valence-corrected chi connectivity index (χ2v) is 10.4. The van der Waals surface area contributed by atoms with Gasteiger partial charge in [0.15, 0.2) is 12.4 Å². The van der Waals surface area contributed by atoms with Crippen molar-refractivity contribution in [3.05, 3.63) is 93.8 Å². The fourth-order valence-corrected chi connectivity index (χ4v) is 6.11. The molecule has 4 rings (SSSR count). The molecule has 0 aliphatic rings. The van der Waals surface area contributed by atoms with Crippen LogP contribution in [0, 0.1) is 17.9 Å². The van der Waals surface area contributed by atoms with Crippen LogP contribution in [0.4, 0.5) is 4.39 Å². The van der Waals surface area contributed by atoms with E-state index < -0.39 is 19.1 Å². The summed E-state index contributed by atoms with van der Waals surface area (Å²) in [6.45, 7) is 1.81. The number of aromatic amines is 1. The van der Waals surface area contributed by atoms with Crippen molar-refractivity contribution in [2.75, 3.05) is 7.11 Å². The van der Waals surface area contributed by atoms with Crippen molar-refractivity contribution in [3.63, 3.8) is 0 Å². The maximum atomic E-state index is 14.2. The number of H-pyrrole nitrogens is 1. The summed E-state index contributed by atoms with van der Waals surface area (Å²) < 4.78 is 34.6. The van der Waals surface area contributed by atoms with Gasteiger partial charge in [-0.2, -0.15) is 4.73 Å². The van der Waals surface area contributed by atoms with Crippen LogP contribution >= 0.6 is 19.0 Å². The molecule has 0 radical (unpaired) electrons. The number of carbonyl (C=O) groups excluding carboxylic acids is 1. The molecule has 1 unspecified atom stereocenters. The van der Waals surface area contributed by atoms with E-state index in [1.54, 1.807) is 43.3 Å². The number of fused-ring (bicyclic) bond motifs is 1. The van der Waals surface area contributed by atoms with E-state index in [1.807, 2.05) is 0 Å². The number of amides is 1. The molecule has 170 valence electrons. The number of halogens is 2. The largest absolute Gasteiger partial charge is 0.619 e. The molecule has 0 saturated carbocycles. The fourth-order valence-electron chi connectivity index (χ4n) is 3.67. The number of nitrogens with one attached hydrogen (secondary N) is 2. The third-order valence-electron chi connectivity index (χ3n) is 5.20. The molecule has 0 bridgehead atoms. The molecule has 0 spiro atoms. The first-order valence-corrected chi connectivity index (χ1v) is 11.9. The van der Waals surface area contributed by atoms with Crippen molar-refractivity contribution >= 4 is 46.4 Å². The van der Waals surface area contributed by atoms with Gasteiger partial charge in [0.1, 0.15) is 11.5 Å². The maximum absolute atomic E-state index is 14.2. The van der Waals surface area contributed by atoms with Crippen molar-refractivity contribution in [2.45, 2.75) is 13.5 Å². The molecule has 0 saturated heterocycles. The quantitative estimate of drug-likeness (QED) is 0.246. The number of aromatic nitrogens is 2. The summed E-state index contributed by atoms with van der Waals surface area (Å²) in [6, 6.07) is 12.1. The molecule has 7 nitrogen and oxygen atoms in total. The summed E-state index contributed by atoms with van der Waals surface area (Å²) in [6.07, 6.45) is 2.65. The average molecular weight is 488 g/mol. The van der Waals surface area contributed by atoms with Crippen molar-refractivity contribution in [1.29, 1.82) is 0 Å². The predicted octanol–water partition coefficient (Wildman–Crippen LogP) is 3.71. The third-order valence-corrected chi connectivity index (χ3v) is 7.94. The lowest BCUT2D eigenvalue weighted by atomic mass is 10.2. The van der Waals surface area contributed by atoms with E-state index >= 15 is 0 Å². The van der Waals surface area contributed by atoms with E-state index in [0.29, 0.717) is 31.8 Å². The predicted molar refractivity (Wildman–Crippen MR) is 125 cm³/mol. The molecule has 2 N–H and O–H groups in total. The molecular formula is C23H20ClFN3O4P. The van der Waals surface area contributed by atoms with Crippen LogP contribution < -0.4 is 20.7 Å². The normalized spacial score (nSPS) is 13.1. The van der Waals surface area contributed by atoms with Crippen LogP contribution in [-0.2, 0) is 15.6 Å². The van der Waals surface area contributed by atoms with Gasteiger partial charge >= 0.3 is 0 Å². The van der Waals surface area contributed by atoms with Gasteiger partial charge in [0.05, 0.1) is 5.30 Å². The summed E-state index contributed by atoms with van der Waals surface area (Å²) >= 11 is 6.19. The average Bonchev–Trinajstić information content (AvgIpc) is 3.16. The molecule has 0 aliphatic carbocycles. The lowest BCUT2D eigenvalue weighted by Gasteiger charge is -2.19. The number of carbonyl (C=O) groups is 1. The summed E-state index contributed by atoms with van der Waals surface area (Å²) in [4.78, 5) is 16.2. The number of hydrogen-bond donors (Lipinski definition) is 2. The van der Waals surface area contributed by atoms with Crippen LogP contribution in [0.3, 0.4) is 0 Å². The van der Waals surface area contributed by atoms with E-state index in [9.17, 15) is 19.0 Å². The Bertz CT molecular complexity index is 1380. The van der Waals surface area contributed by atoms with Gasteiger partial charge in [-0.15, -0.1) is 0 Å². The highest BCUT2D eigenvalue weighted by Gasteiger charge is 2.36. The Morgan fingerprint density at radius 3 is 2.61 bits per heavy atom. The zero-order valence-electron chi connectivity index (χ0n) is 17.8. The summed E-state index contributed by atoms with van der Waals surface area (Å²) in [7, 11) is -2.65. The minimum absolute atomic E-state index is 0.0224. The molecule has 2 aromatic heterocycles. The van der Waals surface area contributed by atoms with E-state index in [1.165, 1.54) is 25.6 Å². The van der Waals surface area contributed by atoms with Gasteiger partial charge in [0.25, 0.3) is 13.3 Å². The second kappa shape index (κ2) is 8.98. The lowest BCUT2D eigenvalue weighted by Crippen LogP contribution is -2.30. The summed E-state index contributed by atoms with van der Waals surface area (Å²) in [5.41, 5.74) is 1.81. The first kappa shape index (κ1) is 23.0. The number of benzene rings is 2. The van der Waals surface area contributed by atoms with Gasteiger partial charge in [-0.05, 0) is 54.4 Å². The second-order valence-electron chi connectivity index (χ2n) is 7.51. The van der Waals surface area contributed by atoms with E-state index in [2.05, 4.69) is 10.3 Å². The Hall–Kier alpha value is -3.19. The van der Waals surface area contributed by atoms with Crippen molar-refractivity contribution in [3.8, 4) is 0 Å². The Labute approximate surface area is 194 Å². The van der Waals surface area contributed by atoms with E-state index in [4.69, 9.17) is 16.1 Å². The molecule has 4 aromatic rings. The zero-order chi connectivity index (χ0) is 23.8. The van der Waals surface area contributed by atoms with Crippen LogP contribution in [0.1, 0.15) is 21.6 Å². The first-order valence-electron chi connectivity index (χ1n) is 9.92. The van der Waals surface area contributed by atoms with Gasteiger partial charge in [-0.1, -0.05) is 11.6 Å². The van der Waals surface area contributed by atoms with Crippen LogP contribution in [-0.4, -0.2) is 18.0 Å². The minimum Gasteiger partial charge on any atom is -0.619 e. The monoisotopic (exact) mass is 487 g/mol. The molecule has 2 aromatic carbocycles. The molecule has 2 heterocycles. The van der Waals surface area contributed by atoms with Crippen LogP contribution in [0.15, 0.2) is 60.9 Å². The van der Waals surface area contributed by atoms with Crippen molar-refractivity contribution in [1.82, 2.24) is 10.3 Å². The van der Waals surface area contributed by atoms with Crippen LogP contribution in [0.5, 0.6) is 0 Å². The van der Waals surface area contributed by atoms with Crippen LogP contribution in [0.2, 0.25) is 5.02 Å². The minimum atomic E-state index is -3.91. The topological polar surface area (TPSA) is 98.1 Å². The standard InChI is InChI=1S/C23H20ClFN3O4P/c1-14-9-17(25)12-18(10-14)33(31,32-2)22-19-11-16(24)3-4-20(19)27-21(22)23(29)26-13-15-5-7-28(30)8-6-15/h3-12,27H,13H2,1-2H3,(H,26,29). The van der Waals surface area contributed by atoms with Crippen LogP contribution in [0.25, 0.3) is 10.9 Å². The highest BCUT2D eigenvalue weighted by molar-refractivity contribution is 7.75. The van der Waals surface area contributed by atoms with Gasteiger partial charge in [-0.25, -0.2) is 4.39 Å². The van der Waals surface area contributed by atoms with Crippen molar-refractivity contribution < 1.29 is 23.0 Å². The van der Waals surface area contributed by atoms with Crippen molar-refractivity contribution in [2.24, 2.45) is 0 Å². The number of pyridine rings is 1. The highest BCUT2D eigenvalue weighted by Crippen LogP contribution is 2.47. The van der Waals surface area contributed by atoms with E-state index in [0.717, 1.165) is 6.07 Å². The van der Waals surface area contributed by atoms with Gasteiger partial charge in [0.2, 0.25) is 0 Å². The maximum Gasteiger partial charge on any atom is 0.268 e. The first-order chi connectivity index (χ1) is 15.7. The Kier molecular flexibility index (Phi) is 6.26. The summed E-state index contributed by atoms with van der Waals surface area (Å²) in [5.74, 6) is -1.10. The molecule has 33 heavy (non-hydrogen) atoms. The Morgan fingerprint density at radius 2 is 1.94 bits per heavy atom. The molecule has 1 amide bonds. The smallest absolute Gasteiger partial charge is 0.268 e. The number of rotatable bonds is 6. The molecule has 1 atom stereocenters. The van der Waals surface area contributed by atoms with Gasteiger partial charge in [-0.3, -0.25) is 9.36 Å². The molecule has 0 fully saturated rings. The Morgan fingerprint density at radius 1 is 1.21 bits per heavy atom. The number of aryl methyl sites for hydroxylation is 1. The third kappa shape index (κ3) is 4.50. The molecular weight excluding hydrogens is 468 g/mol.